The molecule has 16 heavy (non-hydrogen) atoms. The zero-order valence-electron chi connectivity index (χ0n) is 8.10. The van der Waals surface area contributed by atoms with Gasteiger partial charge in [0.1, 0.15) is 0 Å². The van der Waals surface area contributed by atoms with Crippen LogP contribution in [0, 0.1) is 5.82 Å². The highest BCUT2D eigenvalue weighted by molar-refractivity contribution is 6.35. The third-order valence-electron chi connectivity index (χ3n) is 2.03. The Kier molecular flexibility index (Phi) is 3.31. The van der Waals surface area contributed by atoms with E-state index in [0.717, 1.165) is 5.69 Å². The number of aromatic amines is 1. The number of nitrogens with one attached hydrogen (secondary N) is 2. The van der Waals surface area contributed by atoms with Crippen LogP contribution in [0.25, 0.3) is 0 Å². The van der Waals surface area contributed by atoms with Crippen LogP contribution in [0.2, 0.25) is 10.0 Å². The molecule has 0 atom stereocenters. The van der Waals surface area contributed by atoms with E-state index in [0.29, 0.717) is 12.2 Å². The molecule has 0 unspecified atom stereocenters. The topological polar surface area (TPSA) is 40.7 Å². The molecule has 1 aromatic carbocycles. The summed E-state index contributed by atoms with van der Waals surface area (Å²) in [5, 5.41) is 9.65. The summed E-state index contributed by atoms with van der Waals surface area (Å²) in [4.78, 5) is 0. The highest BCUT2D eigenvalue weighted by atomic mass is 35.5. The highest BCUT2D eigenvalue weighted by Crippen LogP contribution is 2.27. The van der Waals surface area contributed by atoms with Gasteiger partial charge in [-0.1, -0.05) is 23.2 Å². The van der Waals surface area contributed by atoms with Crippen molar-refractivity contribution in [2.75, 3.05) is 5.32 Å². The van der Waals surface area contributed by atoms with Crippen LogP contribution in [0.5, 0.6) is 0 Å². The Balaban J connectivity index is 2.10. The molecule has 6 heteroatoms. The van der Waals surface area contributed by atoms with Crippen LogP contribution in [0.1, 0.15) is 5.69 Å². The molecule has 0 aliphatic carbocycles. The van der Waals surface area contributed by atoms with Gasteiger partial charge in [-0.3, -0.25) is 5.10 Å². The fourth-order valence-electron chi connectivity index (χ4n) is 1.24. The van der Waals surface area contributed by atoms with Gasteiger partial charge in [0.2, 0.25) is 0 Å². The fraction of sp³-hybridized carbons (Fsp3) is 0.100. The zero-order valence-corrected chi connectivity index (χ0v) is 9.61. The van der Waals surface area contributed by atoms with Crippen LogP contribution in [-0.2, 0) is 6.54 Å². The molecule has 0 saturated carbocycles. The molecule has 0 aliphatic rings. The second-order valence-corrected chi connectivity index (χ2v) is 4.00. The quantitative estimate of drug-likeness (QED) is 0.829. The summed E-state index contributed by atoms with van der Waals surface area (Å²) in [6.07, 6.45) is 1.65. The Morgan fingerprint density at radius 2 is 2.00 bits per heavy atom. The normalized spacial score (nSPS) is 10.4. The first-order valence-corrected chi connectivity index (χ1v) is 5.29. The van der Waals surface area contributed by atoms with Gasteiger partial charge in [0, 0.05) is 11.9 Å². The van der Waals surface area contributed by atoms with E-state index < -0.39 is 5.82 Å². The van der Waals surface area contributed by atoms with Crippen molar-refractivity contribution < 1.29 is 4.39 Å². The second kappa shape index (κ2) is 4.72. The third kappa shape index (κ3) is 2.46. The largest absolute Gasteiger partial charge is 0.379 e. The number of benzene rings is 1. The maximum absolute atomic E-state index is 13.1. The van der Waals surface area contributed by atoms with Crippen molar-refractivity contribution in [2.24, 2.45) is 0 Å². The van der Waals surface area contributed by atoms with Crippen molar-refractivity contribution in [1.82, 2.24) is 10.2 Å². The van der Waals surface area contributed by atoms with E-state index in [9.17, 15) is 4.39 Å². The molecule has 0 aliphatic heterocycles. The smallest absolute Gasteiger partial charge is 0.160 e. The Hall–Kier alpha value is -1.26. The molecule has 1 aromatic heterocycles. The Morgan fingerprint density at radius 3 is 2.56 bits per heavy atom. The van der Waals surface area contributed by atoms with Crippen molar-refractivity contribution >= 4 is 28.9 Å². The molecule has 2 rings (SSSR count). The summed E-state index contributed by atoms with van der Waals surface area (Å²) < 4.78 is 13.1. The van der Waals surface area contributed by atoms with Gasteiger partial charge in [-0.25, -0.2) is 4.39 Å². The minimum absolute atomic E-state index is 0.000360. The van der Waals surface area contributed by atoms with E-state index in [1.54, 1.807) is 6.20 Å². The van der Waals surface area contributed by atoms with Crippen LogP contribution >= 0.6 is 23.2 Å². The number of hydrogen-bond donors (Lipinski definition) is 2. The van der Waals surface area contributed by atoms with Gasteiger partial charge in [-0.15, -0.1) is 0 Å². The summed E-state index contributed by atoms with van der Waals surface area (Å²) in [5.74, 6) is -0.601. The predicted molar refractivity (Wildman–Crippen MR) is 62.3 cm³/mol. The lowest BCUT2D eigenvalue weighted by Crippen LogP contribution is -2.00. The van der Waals surface area contributed by atoms with Crippen molar-refractivity contribution in [3.05, 3.63) is 46.0 Å². The lowest BCUT2D eigenvalue weighted by Gasteiger charge is -2.06. The minimum Gasteiger partial charge on any atom is -0.379 e. The number of nitrogens with zero attached hydrogens (tertiary/aromatic N) is 1. The third-order valence-corrected chi connectivity index (χ3v) is 2.58. The Morgan fingerprint density at radius 1 is 1.31 bits per heavy atom. The number of hydrogen-bond acceptors (Lipinski definition) is 2. The summed E-state index contributed by atoms with van der Waals surface area (Å²) in [6, 6.07) is 4.80. The van der Waals surface area contributed by atoms with Crippen LogP contribution in [0.15, 0.2) is 24.4 Å². The lowest BCUT2D eigenvalue weighted by molar-refractivity contribution is 0.629. The molecule has 0 amide bonds. The van der Waals surface area contributed by atoms with Gasteiger partial charge in [0.05, 0.1) is 22.3 Å². The van der Waals surface area contributed by atoms with Gasteiger partial charge in [-0.2, -0.15) is 5.10 Å². The maximum atomic E-state index is 13.1. The second-order valence-electron chi connectivity index (χ2n) is 3.19. The molecule has 0 radical (unpaired) electrons. The van der Waals surface area contributed by atoms with E-state index in [4.69, 9.17) is 23.2 Å². The van der Waals surface area contributed by atoms with Gasteiger partial charge in [0.25, 0.3) is 0 Å². The van der Waals surface area contributed by atoms with Gasteiger partial charge in [-0.05, 0) is 18.2 Å². The predicted octanol–water partition coefficient (Wildman–Crippen LogP) is 3.47. The number of halogens is 3. The minimum atomic E-state index is -0.601. The molecule has 2 aromatic rings. The number of H-pyrrole nitrogens is 1. The van der Waals surface area contributed by atoms with E-state index in [2.05, 4.69) is 15.5 Å². The highest BCUT2D eigenvalue weighted by Gasteiger charge is 2.07. The van der Waals surface area contributed by atoms with Crippen molar-refractivity contribution in [2.45, 2.75) is 6.54 Å². The zero-order chi connectivity index (χ0) is 11.5. The summed E-state index contributed by atoms with van der Waals surface area (Å²) in [7, 11) is 0. The average Bonchev–Trinajstić information content (AvgIpc) is 2.75. The SMILES string of the molecule is Fc1c(Cl)cc(NCc2ccn[nH]2)cc1Cl. The molecule has 1 heterocycles. The fourth-order valence-corrected chi connectivity index (χ4v) is 1.73. The molecule has 3 nitrogen and oxygen atoms in total. The maximum Gasteiger partial charge on any atom is 0.160 e. The molecular formula is C10H8Cl2FN3. The van der Waals surface area contributed by atoms with Crippen molar-refractivity contribution in [1.29, 1.82) is 0 Å². The molecule has 0 spiro atoms. The average molecular weight is 260 g/mol. The van der Waals surface area contributed by atoms with Gasteiger partial charge < -0.3 is 5.32 Å². The monoisotopic (exact) mass is 259 g/mol. The van der Waals surface area contributed by atoms with Crippen LogP contribution in [-0.4, -0.2) is 10.2 Å². The molecule has 0 fully saturated rings. The van der Waals surface area contributed by atoms with E-state index >= 15 is 0 Å². The van der Waals surface area contributed by atoms with Crippen LogP contribution in [0.3, 0.4) is 0 Å². The molecule has 2 N–H and O–H groups in total. The molecule has 84 valence electrons. The first-order valence-electron chi connectivity index (χ1n) is 4.53. The number of anilines is 1. The van der Waals surface area contributed by atoms with E-state index in [1.165, 1.54) is 12.1 Å². The van der Waals surface area contributed by atoms with Crippen molar-refractivity contribution in [3.8, 4) is 0 Å². The van der Waals surface area contributed by atoms with Crippen LogP contribution in [0.4, 0.5) is 10.1 Å². The summed E-state index contributed by atoms with van der Waals surface area (Å²) in [6.45, 7) is 0.540. The first kappa shape index (κ1) is 11.2. The number of rotatable bonds is 3. The molecule has 0 saturated heterocycles. The Labute approximate surface area is 102 Å². The van der Waals surface area contributed by atoms with Crippen molar-refractivity contribution in [3.63, 3.8) is 0 Å². The molecule has 0 bridgehead atoms. The van der Waals surface area contributed by atoms with Gasteiger partial charge >= 0.3 is 0 Å². The van der Waals surface area contributed by atoms with E-state index in [1.807, 2.05) is 6.07 Å². The number of aromatic nitrogens is 2. The summed E-state index contributed by atoms with van der Waals surface area (Å²) in [5.41, 5.74) is 1.57. The van der Waals surface area contributed by atoms with Gasteiger partial charge in [0.15, 0.2) is 5.82 Å². The lowest BCUT2D eigenvalue weighted by atomic mass is 10.3. The first-order chi connectivity index (χ1) is 7.66. The Bertz CT molecular complexity index is 462. The van der Waals surface area contributed by atoms with Crippen LogP contribution < -0.4 is 5.32 Å². The van der Waals surface area contributed by atoms with E-state index in [-0.39, 0.29) is 10.0 Å². The molecular weight excluding hydrogens is 252 g/mol. The summed E-state index contributed by atoms with van der Waals surface area (Å²) >= 11 is 11.3. The standard InChI is InChI=1S/C10H8Cl2FN3/c11-8-3-7(4-9(12)10(8)13)14-5-6-1-2-15-16-6/h1-4,14H,5H2,(H,15,16).